The summed E-state index contributed by atoms with van der Waals surface area (Å²) in [7, 11) is 1.48. The van der Waals surface area contributed by atoms with E-state index in [0.29, 0.717) is 12.3 Å². The Balaban J connectivity index is 2.49. The van der Waals surface area contributed by atoms with Crippen molar-refractivity contribution in [2.45, 2.75) is 19.8 Å². The smallest absolute Gasteiger partial charge is 0.255 e. The van der Waals surface area contributed by atoms with Crippen molar-refractivity contribution in [3.05, 3.63) is 23.8 Å². The lowest BCUT2D eigenvalue weighted by Crippen LogP contribution is -2.31. The molecule has 1 rings (SSSR count). The van der Waals surface area contributed by atoms with E-state index in [0.717, 1.165) is 6.42 Å². The van der Waals surface area contributed by atoms with Crippen LogP contribution in [0.1, 0.15) is 30.1 Å². The number of aromatic hydroxyl groups is 1. The number of rotatable bonds is 7. The maximum Gasteiger partial charge on any atom is 0.255 e. The van der Waals surface area contributed by atoms with Crippen molar-refractivity contribution in [1.82, 2.24) is 10.6 Å². The number of benzene rings is 1. The molecule has 0 radical (unpaired) electrons. The van der Waals surface area contributed by atoms with Crippen LogP contribution in [0.4, 0.5) is 0 Å². The minimum Gasteiger partial charge on any atom is -0.507 e. The molecule has 0 atom stereocenters. The summed E-state index contributed by atoms with van der Waals surface area (Å²) in [6, 6.07) is 4.40. The summed E-state index contributed by atoms with van der Waals surface area (Å²) >= 11 is 0. The zero-order valence-corrected chi connectivity index (χ0v) is 11.7. The van der Waals surface area contributed by atoms with Crippen LogP contribution in [0, 0.1) is 0 Å². The van der Waals surface area contributed by atoms with Crippen LogP contribution in [-0.2, 0) is 4.79 Å². The molecule has 1 aromatic carbocycles. The molecule has 0 aliphatic rings. The first kappa shape index (κ1) is 15.8. The van der Waals surface area contributed by atoms with Gasteiger partial charge in [0.05, 0.1) is 12.7 Å². The van der Waals surface area contributed by atoms with E-state index in [1.807, 2.05) is 6.92 Å². The Morgan fingerprint density at radius 1 is 1.25 bits per heavy atom. The largest absolute Gasteiger partial charge is 0.507 e. The maximum absolute atomic E-state index is 11.9. The average Bonchev–Trinajstić information content (AvgIpc) is 2.45. The summed E-state index contributed by atoms with van der Waals surface area (Å²) in [5.74, 6) is -0.195. The lowest BCUT2D eigenvalue weighted by atomic mass is 10.1. The molecule has 0 saturated carbocycles. The van der Waals surface area contributed by atoms with Gasteiger partial charge in [-0.05, 0) is 24.6 Å². The van der Waals surface area contributed by atoms with E-state index in [1.165, 1.54) is 19.2 Å². The van der Waals surface area contributed by atoms with Gasteiger partial charge in [-0.3, -0.25) is 9.59 Å². The van der Waals surface area contributed by atoms with E-state index < -0.39 is 5.91 Å². The van der Waals surface area contributed by atoms with E-state index in [1.54, 1.807) is 6.07 Å². The molecule has 0 spiro atoms. The van der Waals surface area contributed by atoms with Crippen molar-refractivity contribution in [2.24, 2.45) is 0 Å². The molecule has 0 fully saturated rings. The standard InChI is InChI=1S/C14H20N2O4/c1-3-7-15-13(18)6-8-16-14(19)11-9-10(20-2)4-5-12(11)17/h4-5,9,17H,3,6-8H2,1-2H3,(H,15,18)(H,16,19). The molecule has 0 aromatic heterocycles. The number of nitrogens with one attached hydrogen (secondary N) is 2. The molecule has 0 aliphatic heterocycles. The second-order valence-electron chi connectivity index (χ2n) is 4.24. The number of hydrogen-bond acceptors (Lipinski definition) is 4. The highest BCUT2D eigenvalue weighted by atomic mass is 16.5. The molecule has 1 aromatic rings. The van der Waals surface area contributed by atoms with Gasteiger partial charge in [0.2, 0.25) is 5.91 Å². The number of amides is 2. The molecular weight excluding hydrogens is 260 g/mol. The number of carbonyl (C=O) groups is 2. The van der Waals surface area contributed by atoms with Gasteiger partial charge in [0, 0.05) is 19.5 Å². The van der Waals surface area contributed by atoms with E-state index in [9.17, 15) is 14.7 Å². The Labute approximate surface area is 118 Å². The molecule has 0 unspecified atom stereocenters. The van der Waals surface area contributed by atoms with Gasteiger partial charge in [-0.1, -0.05) is 6.92 Å². The van der Waals surface area contributed by atoms with Gasteiger partial charge < -0.3 is 20.5 Å². The number of hydrogen-bond donors (Lipinski definition) is 3. The predicted molar refractivity (Wildman–Crippen MR) is 74.9 cm³/mol. The van der Waals surface area contributed by atoms with Crippen molar-refractivity contribution >= 4 is 11.8 Å². The molecule has 2 amide bonds. The number of carbonyl (C=O) groups excluding carboxylic acids is 2. The van der Waals surface area contributed by atoms with Gasteiger partial charge in [-0.25, -0.2) is 0 Å². The molecule has 0 heterocycles. The van der Waals surface area contributed by atoms with Crippen molar-refractivity contribution in [3.8, 4) is 11.5 Å². The van der Waals surface area contributed by atoms with Gasteiger partial charge in [-0.2, -0.15) is 0 Å². The molecule has 0 aliphatic carbocycles. The first-order chi connectivity index (χ1) is 9.58. The summed E-state index contributed by atoms with van der Waals surface area (Å²) in [4.78, 5) is 23.2. The fourth-order valence-corrected chi connectivity index (χ4v) is 1.56. The normalized spacial score (nSPS) is 9.90. The van der Waals surface area contributed by atoms with E-state index in [4.69, 9.17) is 4.74 Å². The summed E-state index contributed by atoms with van der Waals surface area (Å²) in [6.45, 7) is 2.81. The molecule has 110 valence electrons. The molecule has 6 heteroatoms. The van der Waals surface area contributed by atoms with Crippen LogP contribution in [0.3, 0.4) is 0 Å². The first-order valence-electron chi connectivity index (χ1n) is 6.50. The minimum absolute atomic E-state index is 0.109. The summed E-state index contributed by atoms with van der Waals surface area (Å²) in [6.07, 6.45) is 1.08. The second kappa shape index (κ2) is 8.04. The predicted octanol–water partition coefficient (Wildman–Crippen LogP) is 1.05. The highest BCUT2D eigenvalue weighted by molar-refractivity contribution is 5.97. The van der Waals surface area contributed by atoms with Crippen LogP contribution in [-0.4, -0.2) is 37.1 Å². The monoisotopic (exact) mass is 280 g/mol. The summed E-state index contributed by atoms with van der Waals surface area (Å²) < 4.78 is 4.99. The van der Waals surface area contributed by atoms with Crippen LogP contribution in [0.15, 0.2) is 18.2 Å². The average molecular weight is 280 g/mol. The zero-order valence-electron chi connectivity index (χ0n) is 11.7. The Morgan fingerprint density at radius 3 is 2.65 bits per heavy atom. The highest BCUT2D eigenvalue weighted by Crippen LogP contribution is 2.22. The molecule has 20 heavy (non-hydrogen) atoms. The van der Waals surface area contributed by atoms with Crippen molar-refractivity contribution in [1.29, 1.82) is 0 Å². The van der Waals surface area contributed by atoms with Crippen LogP contribution in [0.5, 0.6) is 11.5 Å². The van der Waals surface area contributed by atoms with Gasteiger partial charge in [0.25, 0.3) is 5.91 Å². The zero-order chi connectivity index (χ0) is 15.0. The maximum atomic E-state index is 11.9. The van der Waals surface area contributed by atoms with E-state index in [-0.39, 0.29) is 30.2 Å². The van der Waals surface area contributed by atoms with Gasteiger partial charge in [-0.15, -0.1) is 0 Å². The number of methoxy groups -OCH3 is 1. The third-order valence-electron chi connectivity index (χ3n) is 2.66. The fraction of sp³-hybridized carbons (Fsp3) is 0.429. The molecule has 3 N–H and O–H groups in total. The van der Waals surface area contributed by atoms with Gasteiger partial charge >= 0.3 is 0 Å². The lowest BCUT2D eigenvalue weighted by Gasteiger charge is -2.08. The Hall–Kier alpha value is -2.24. The van der Waals surface area contributed by atoms with Crippen LogP contribution in [0.2, 0.25) is 0 Å². The fourth-order valence-electron chi connectivity index (χ4n) is 1.56. The van der Waals surface area contributed by atoms with Crippen molar-refractivity contribution in [2.75, 3.05) is 20.2 Å². The highest BCUT2D eigenvalue weighted by Gasteiger charge is 2.12. The van der Waals surface area contributed by atoms with Crippen LogP contribution in [0.25, 0.3) is 0 Å². The SMILES string of the molecule is CCCNC(=O)CCNC(=O)c1cc(OC)ccc1O. The van der Waals surface area contributed by atoms with Crippen LogP contribution >= 0.6 is 0 Å². The third-order valence-corrected chi connectivity index (χ3v) is 2.66. The summed E-state index contributed by atoms with van der Waals surface area (Å²) in [5, 5.41) is 14.9. The Kier molecular flexibility index (Phi) is 6.36. The number of ether oxygens (including phenoxy) is 1. The number of phenols is 1. The van der Waals surface area contributed by atoms with Crippen LogP contribution < -0.4 is 15.4 Å². The quantitative estimate of drug-likeness (QED) is 0.696. The molecule has 0 saturated heterocycles. The van der Waals surface area contributed by atoms with Crippen molar-refractivity contribution in [3.63, 3.8) is 0 Å². The topological polar surface area (TPSA) is 87.7 Å². The summed E-state index contributed by atoms with van der Waals surface area (Å²) in [5.41, 5.74) is 0.123. The Morgan fingerprint density at radius 2 is 2.00 bits per heavy atom. The van der Waals surface area contributed by atoms with Crippen molar-refractivity contribution < 1.29 is 19.4 Å². The third kappa shape index (κ3) is 4.79. The minimum atomic E-state index is -0.440. The van der Waals surface area contributed by atoms with E-state index >= 15 is 0 Å². The first-order valence-corrected chi connectivity index (χ1v) is 6.50. The van der Waals surface area contributed by atoms with Gasteiger partial charge in [0.1, 0.15) is 11.5 Å². The molecule has 0 bridgehead atoms. The second-order valence-corrected chi connectivity index (χ2v) is 4.24. The lowest BCUT2D eigenvalue weighted by molar-refractivity contribution is -0.120. The Bertz CT molecular complexity index is 474. The van der Waals surface area contributed by atoms with E-state index in [2.05, 4.69) is 10.6 Å². The number of phenolic OH excluding ortho intramolecular Hbond substituents is 1. The molecular formula is C14H20N2O4. The molecule has 6 nitrogen and oxygen atoms in total. The van der Waals surface area contributed by atoms with Gasteiger partial charge in [0.15, 0.2) is 0 Å².